The molecule has 156 valence electrons. The maximum atomic E-state index is 12.8. The molecule has 0 fully saturated rings. The second kappa shape index (κ2) is 7.89. The van der Waals surface area contributed by atoms with Crippen molar-refractivity contribution in [1.82, 2.24) is 9.55 Å². The van der Waals surface area contributed by atoms with E-state index in [9.17, 15) is 14.7 Å². The Kier molecular flexibility index (Phi) is 5.27. The van der Waals surface area contributed by atoms with Crippen LogP contribution in [0.15, 0.2) is 46.0 Å². The number of rotatable bonds is 4. The van der Waals surface area contributed by atoms with E-state index in [1.807, 2.05) is 17.4 Å². The van der Waals surface area contributed by atoms with Gasteiger partial charge < -0.3 is 19.9 Å². The normalized spacial score (nSPS) is 15.5. The van der Waals surface area contributed by atoms with Gasteiger partial charge in [-0.15, -0.1) is 0 Å². The second-order valence-electron chi connectivity index (χ2n) is 6.97. The van der Waals surface area contributed by atoms with Crippen molar-refractivity contribution >= 4 is 11.6 Å². The molecule has 30 heavy (non-hydrogen) atoms. The Morgan fingerprint density at radius 3 is 2.60 bits per heavy atom. The molecule has 9 heteroatoms. The molecule has 4 rings (SSSR count). The molecule has 0 saturated carbocycles. The van der Waals surface area contributed by atoms with Gasteiger partial charge in [0, 0.05) is 17.0 Å². The minimum Gasteiger partial charge on any atom is -0.494 e. The lowest BCUT2D eigenvalue weighted by atomic mass is 9.90. The van der Waals surface area contributed by atoms with Gasteiger partial charge >= 0.3 is 5.69 Å². The van der Waals surface area contributed by atoms with Crippen molar-refractivity contribution in [3.8, 4) is 23.1 Å². The van der Waals surface area contributed by atoms with Crippen LogP contribution in [0.4, 0.5) is 0 Å². The number of methoxy groups -OCH3 is 2. The summed E-state index contributed by atoms with van der Waals surface area (Å²) >= 11 is 6.05. The van der Waals surface area contributed by atoms with Crippen molar-refractivity contribution in [2.45, 2.75) is 12.5 Å². The highest BCUT2D eigenvalue weighted by Crippen LogP contribution is 2.36. The number of aromatic nitrogens is 2. The number of hydrogen-bond acceptors (Lipinski definition) is 5. The lowest BCUT2D eigenvalue weighted by Crippen LogP contribution is -2.87. The molecule has 0 aliphatic carbocycles. The van der Waals surface area contributed by atoms with Crippen LogP contribution in [-0.4, -0.2) is 35.4 Å². The number of nitrogens with zero attached hydrogens (tertiary/aromatic N) is 1. The van der Waals surface area contributed by atoms with Crippen LogP contribution in [-0.2, 0) is 6.42 Å². The minimum absolute atomic E-state index is 0.0859. The van der Waals surface area contributed by atoms with E-state index in [-0.39, 0.29) is 5.56 Å². The largest absolute Gasteiger partial charge is 0.494 e. The quantitative estimate of drug-likeness (QED) is 0.574. The Morgan fingerprint density at radius 1 is 1.17 bits per heavy atom. The molecular weight excluding hydrogens is 410 g/mol. The number of quaternary nitrogens is 1. The summed E-state index contributed by atoms with van der Waals surface area (Å²) in [6, 6.07) is 9.65. The zero-order valence-corrected chi connectivity index (χ0v) is 17.2. The molecule has 1 aromatic heterocycles. The van der Waals surface area contributed by atoms with Crippen molar-refractivity contribution < 1.29 is 19.9 Å². The smallest absolute Gasteiger partial charge is 0.335 e. The average Bonchev–Trinajstić information content (AvgIpc) is 2.72. The van der Waals surface area contributed by atoms with E-state index in [0.717, 1.165) is 22.1 Å². The van der Waals surface area contributed by atoms with Crippen LogP contribution in [0.3, 0.4) is 0 Å². The predicted octanol–water partition coefficient (Wildman–Crippen LogP) is 1.11. The maximum absolute atomic E-state index is 12.8. The molecule has 2 aromatic carbocycles. The number of nitrogens with two attached hydrogens (primary N) is 1. The molecule has 4 N–H and O–H groups in total. The Balaban J connectivity index is 1.94. The van der Waals surface area contributed by atoms with Crippen LogP contribution in [0, 0.1) is 0 Å². The molecular formula is C21H21ClN3O5+. The Labute approximate surface area is 176 Å². The van der Waals surface area contributed by atoms with E-state index in [4.69, 9.17) is 21.1 Å². The highest BCUT2D eigenvalue weighted by molar-refractivity contribution is 6.30. The number of hydrogen-bond donors (Lipinski definition) is 3. The highest BCUT2D eigenvalue weighted by Gasteiger charge is 2.33. The molecule has 2 heterocycles. The number of nitrogens with one attached hydrogen (secondary N) is 1. The van der Waals surface area contributed by atoms with Crippen LogP contribution in [0.2, 0.25) is 5.02 Å². The Morgan fingerprint density at radius 2 is 1.90 bits per heavy atom. The first-order valence-corrected chi connectivity index (χ1v) is 9.74. The van der Waals surface area contributed by atoms with Crippen molar-refractivity contribution in [2.75, 3.05) is 20.8 Å². The van der Waals surface area contributed by atoms with Gasteiger partial charge in [-0.25, -0.2) is 9.36 Å². The first kappa shape index (κ1) is 20.1. The number of aromatic amines is 1. The zero-order chi connectivity index (χ0) is 21.4. The lowest BCUT2D eigenvalue weighted by Gasteiger charge is -2.26. The SMILES string of the molecule is COc1cc2c(cc1OC)[C@@H](c1c(O)n(-c3cccc(Cl)c3)c(=O)[nH]c1=O)[NH2+]CC2. The van der Waals surface area contributed by atoms with Crippen molar-refractivity contribution in [3.05, 3.63) is 78.9 Å². The standard InChI is InChI=1S/C21H20ClN3O5/c1-29-15-8-11-6-7-23-18(14(11)10-16(15)30-2)17-19(26)24-21(28)25(20(17)27)13-5-3-4-12(22)9-13/h3-5,8-10,18,23,27H,6-7H2,1-2H3,(H,24,26,28)/p+1/t18-/m0/s1. The van der Waals surface area contributed by atoms with Gasteiger partial charge in [0.1, 0.15) is 11.6 Å². The fourth-order valence-electron chi connectivity index (χ4n) is 3.92. The summed E-state index contributed by atoms with van der Waals surface area (Å²) in [4.78, 5) is 27.6. The molecule has 0 spiro atoms. The van der Waals surface area contributed by atoms with Crippen LogP contribution < -0.4 is 26.0 Å². The van der Waals surface area contributed by atoms with Crippen molar-refractivity contribution in [2.24, 2.45) is 0 Å². The van der Waals surface area contributed by atoms with Crippen LogP contribution >= 0.6 is 11.6 Å². The summed E-state index contributed by atoms with van der Waals surface area (Å²) in [6.45, 7) is 0.697. The number of aromatic hydroxyl groups is 1. The molecule has 0 saturated heterocycles. The molecule has 0 bridgehead atoms. The molecule has 1 atom stereocenters. The van der Waals surface area contributed by atoms with E-state index < -0.39 is 23.2 Å². The van der Waals surface area contributed by atoms with E-state index in [2.05, 4.69) is 4.98 Å². The summed E-state index contributed by atoms with van der Waals surface area (Å²) < 4.78 is 11.8. The third-order valence-electron chi connectivity index (χ3n) is 5.29. The Hall–Kier alpha value is -3.23. The topological polar surface area (TPSA) is 110 Å². The zero-order valence-electron chi connectivity index (χ0n) is 16.4. The number of H-pyrrole nitrogens is 1. The van der Waals surface area contributed by atoms with Crippen LogP contribution in [0.25, 0.3) is 5.69 Å². The minimum atomic E-state index is -0.744. The molecule has 3 aromatic rings. The highest BCUT2D eigenvalue weighted by atomic mass is 35.5. The van der Waals surface area contributed by atoms with Gasteiger partial charge in [0.2, 0.25) is 5.88 Å². The fraction of sp³-hybridized carbons (Fsp3) is 0.238. The number of fused-ring (bicyclic) bond motifs is 1. The van der Waals surface area contributed by atoms with E-state index >= 15 is 0 Å². The molecule has 8 nitrogen and oxygen atoms in total. The molecule has 0 amide bonds. The van der Waals surface area contributed by atoms with Gasteiger partial charge in [0.25, 0.3) is 5.56 Å². The number of ether oxygens (including phenoxy) is 2. The first-order chi connectivity index (χ1) is 14.4. The van der Waals surface area contributed by atoms with Crippen LogP contribution in [0.1, 0.15) is 22.7 Å². The fourth-order valence-corrected chi connectivity index (χ4v) is 4.11. The number of halogens is 1. The van der Waals surface area contributed by atoms with Gasteiger partial charge in [-0.3, -0.25) is 9.78 Å². The molecule has 0 radical (unpaired) electrons. The molecule has 1 aliphatic rings. The van der Waals surface area contributed by atoms with Crippen LogP contribution in [0.5, 0.6) is 17.4 Å². The molecule has 0 unspecified atom stereocenters. The number of benzene rings is 2. The lowest BCUT2D eigenvalue weighted by molar-refractivity contribution is -0.690. The average molecular weight is 431 g/mol. The van der Waals surface area contributed by atoms with Gasteiger partial charge in [-0.1, -0.05) is 17.7 Å². The van der Waals surface area contributed by atoms with E-state index in [0.29, 0.717) is 28.8 Å². The maximum Gasteiger partial charge on any atom is 0.335 e. The summed E-state index contributed by atoms with van der Waals surface area (Å²) in [5, 5.41) is 13.4. The first-order valence-electron chi connectivity index (χ1n) is 9.36. The second-order valence-corrected chi connectivity index (χ2v) is 7.41. The van der Waals surface area contributed by atoms with Gasteiger partial charge in [0.15, 0.2) is 11.5 Å². The monoisotopic (exact) mass is 430 g/mol. The molecule has 1 aliphatic heterocycles. The van der Waals surface area contributed by atoms with Gasteiger partial charge in [0.05, 0.1) is 26.5 Å². The van der Waals surface area contributed by atoms with E-state index in [1.54, 1.807) is 25.3 Å². The Bertz CT molecular complexity index is 1230. The third-order valence-corrected chi connectivity index (χ3v) is 5.53. The van der Waals surface area contributed by atoms with Gasteiger partial charge in [-0.05, 0) is 35.9 Å². The van der Waals surface area contributed by atoms with E-state index in [1.165, 1.54) is 13.2 Å². The van der Waals surface area contributed by atoms with Crippen molar-refractivity contribution in [3.63, 3.8) is 0 Å². The summed E-state index contributed by atoms with van der Waals surface area (Å²) in [5.74, 6) is 0.699. The summed E-state index contributed by atoms with van der Waals surface area (Å²) in [7, 11) is 3.10. The predicted molar refractivity (Wildman–Crippen MR) is 111 cm³/mol. The summed E-state index contributed by atoms with van der Waals surface area (Å²) in [5.41, 5.74) is 0.857. The third kappa shape index (κ3) is 3.34. The van der Waals surface area contributed by atoms with Gasteiger partial charge in [-0.2, -0.15) is 0 Å². The van der Waals surface area contributed by atoms with Crippen molar-refractivity contribution in [1.29, 1.82) is 0 Å². The summed E-state index contributed by atoms with van der Waals surface area (Å²) in [6.07, 6.45) is 0.763.